The smallest absolute Gasteiger partial charge is 0.137 e. The SMILES string of the molecule is COc1ccc(C(O)c2ccc(COCCO)o2)cc1. The van der Waals surface area contributed by atoms with E-state index in [2.05, 4.69) is 0 Å². The molecule has 1 aromatic carbocycles. The Morgan fingerprint density at radius 3 is 2.55 bits per heavy atom. The van der Waals surface area contributed by atoms with Gasteiger partial charge in [-0.15, -0.1) is 0 Å². The molecule has 0 aliphatic heterocycles. The van der Waals surface area contributed by atoms with Gasteiger partial charge in [-0.3, -0.25) is 0 Å². The van der Waals surface area contributed by atoms with Crippen LogP contribution in [0.5, 0.6) is 5.75 Å². The van der Waals surface area contributed by atoms with E-state index in [1.54, 1.807) is 43.5 Å². The Kier molecular flexibility index (Phi) is 5.17. The molecule has 5 heteroatoms. The maximum atomic E-state index is 10.2. The average molecular weight is 278 g/mol. The highest BCUT2D eigenvalue weighted by Crippen LogP contribution is 2.25. The summed E-state index contributed by atoms with van der Waals surface area (Å²) >= 11 is 0. The summed E-state index contributed by atoms with van der Waals surface area (Å²) in [5.41, 5.74) is 0.725. The van der Waals surface area contributed by atoms with Crippen LogP contribution in [0.3, 0.4) is 0 Å². The van der Waals surface area contributed by atoms with Gasteiger partial charge in [-0.2, -0.15) is 0 Å². The molecule has 0 aliphatic carbocycles. The van der Waals surface area contributed by atoms with Crippen molar-refractivity contribution in [2.45, 2.75) is 12.7 Å². The van der Waals surface area contributed by atoms with Gasteiger partial charge in [0.05, 0.1) is 20.3 Å². The fraction of sp³-hybridized carbons (Fsp3) is 0.333. The molecule has 20 heavy (non-hydrogen) atoms. The summed E-state index contributed by atoms with van der Waals surface area (Å²) in [7, 11) is 1.59. The molecule has 1 heterocycles. The summed E-state index contributed by atoms with van der Waals surface area (Å²) < 4.78 is 15.7. The number of rotatable bonds is 7. The van der Waals surface area contributed by atoms with Crippen LogP contribution in [0.4, 0.5) is 0 Å². The largest absolute Gasteiger partial charge is 0.497 e. The normalized spacial score (nSPS) is 12.3. The molecule has 1 atom stereocenters. The van der Waals surface area contributed by atoms with Crippen molar-refractivity contribution in [2.24, 2.45) is 0 Å². The Labute approximate surface area is 117 Å². The predicted molar refractivity (Wildman–Crippen MR) is 72.5 cm³/mol. The highest BCUT2D eigenvalue weighted by atomic mass is 16.5. The molecule has 2 rings (SSSR count). The molecule has 0 spiro atoms. The van der Waals surface area contributed by atoms with E-state index in [0.29, 0.717) is 11.5 Å². The lowest BCUT2D eigenvalue weighted by atomic mass is 10.1. The molecule has 0 fully saturated rings. The van der Waals surface area contributed by atoms with E-state index in [-0.39, 0.29) is 19.8 Å². The van der Waals surface area contributed by atoms with Crippen molar-refractivity contribution in [3.05, 3.63) is 53.5 Å². The summed E-state index contributed by atoms with van der Waals surface area (Å²) in [4.78, 5) is 0. The van der Waals surface area contributed by atoms with Crippen LogP contribution < -0.4 is 4.74 Å². The molecular weight excluding hydrogens is 260 g/mol. The number of aliphatic hydroxyl groups excluding tert-OH is 2. The Morgan fingerprint density at radius 2 is 1.90 bits per heavy atom. The highest BCUT2D eigenvalue weighted by Gasteiger charge is 2.15. The molecule has 0 saturated carbocycles. The van der Waals surface area contributed by atoms with Crippen LogP contribution in [0, 0.1) is 0 Å². The van der Waals surface area contributed by atoms with E-state index in [0.717, 1.165) is 11.3 Å². The van der Waals surface area contributed by atoms with Gasteiger partial charge in [-0.25, -0.2) is 0 Å². The van der Waals surface area contributed by atoms with Crippen molar-refractivity contribution >= 4 is 0 Å². The van der Waals surface area contributed by atoms with Crippen molar-refractivity contribution < 1.29 is 24.1 Å². The fourth-order valence-electron chi connectivity index (χ4n) is 1.81. The minimum absolute atomic E-state index is 0.0258. The van der Waals surface area contributed by atoms with Crippen LogP contribution in [0.15, 0.2) is 40.8 Å². The third kappa shape index (κ3) is 3.60. The molecule has 0 amide bonds. The van der Waals surface area contributed by atoms with Gasteiger partial charge in [0.25, 0.3) is 0 Å². The number of ether oxygens (including phenoxy) is 2. The second kappa shape index (κ2) is 7.09. The number of hydrogen-bond donors (Lipinski definition) is 2. The van der Waals surface area contributed by atoms with Crippen molar-refractivity contribution in [1.82, 2.24) is 0 Å². The molecule has 5 nitrogen and oxygen atoms in total. The molecular formula is C15H18O5. The maximum absolute atomic E-state index is 10.2. The summed E-state index contributed by atoms with van der Waals surface area (Å²) in [5, 5.41) is 18.8. The van der Waals surface area contributed by atoms with Crippen LogP contribution >= 0.6 is 0 Å². The van der Waals surface area contributed by atoms with Gasteiger partial charge in [-0.05, 0) is 29.8 Å². The number of furan rings is 1. The molecule has 0 aliphatic rings. The summed E-state index contributed by atoms with van der Waals surface area (Å²) in [6.07, 6.45) is -0.826. The topological polar surface area (TPSA) is 72.1 Å². The minimum Gasteiger partial charge on any atom is -0.497 e. The second-order valence-corrected chi connectivity index (χ2v) is 4.26. The fourth-order valence-corrected chi connectivity index (χ4v) is 1.81. The van der Waals surface area contributed by atoms with Crippen LogP contribution in [0.1, 0.15) is 23.2 Å². The molecule has 108 valence electrons. The van der Waals surface area contributed by atoms with Crippen molar-refractivity contribution in [3.8, 4) is 5.75 Å². The summed E-state index contributed by atoms with van der Waals surface area (Å²) in [6, 6.07) is 10.6. The van der Waals surface area contributed by atoms with Gasteiger partial charge in [0.15, 0.2) is 0 Å². The first-order valence-corrected chi connectivity index (χ1v) is 6.34. The molecule has 0 bridgehead atoms. The highest BCUT2D eigenvalue weighted by molar-refractivity contribution is 5.31. The number of aliphatic hydroxyl groups is 2. The zero-order valence-corrected chi connectivity index (χ0v) is 11.3. The number of hydrogen-bond acceptors (Lipinski definition) is 5. The lowest BCUT2D eigenvalue weighted by molar-refractivity contribution is 0.0690. The van der Waals surface area contributed by atoms with Crippen LogP contribution in [0.25, 0.3) is 0 Å². The van der Waals surface area contributed by atoms with Crippen molar-refractivity contribution in [1.29, 1.82) is 0 Å². The standard InChI is InChI=1S/C15H18O5/c1-18-12-4-2-11(3-5-12)15(17)14-7-6-13(20-14)10-19-9-8-16/h2-7,15-17H,8-10H2,1H3. The van der Waals surface area contributed by atoms with E-state index in [4.69, 9.17) is 19.0 Å². The first kappa shape index (κ1) is 14.6. The van der Waals surface area contributed by atoms with Crippen molar-refractivity contribution in [2.75, 3.05) is 20.3 Å². The van der Waals surface area contributed by atoms with Crippen molar-refractivity contribution in [3.63, 3.8) is 0 Å². The number of benzene rings is 1. The molecule has 1 aromatic heterocycles. The predicted octanol–water partition coefficient (Wildman–Crippen LogP) is 1.88. The van der Waals surface area contributed by atoms with E-state index in [1.807, 2.05) is 0 Å². The summed E-state index contributed by atoms with van der Waals surface area (Å²) in [5.74, 6) is 1.80. The third-order valence-electron chi connectivity index (χ3n) is 2.86. The van der Waals surface area contributed by atoms with E-state index in [9.17, 15) is 5.11 Å². The Balaban J connectivity index is 2.02. The zero-order valence-electron chi connectivity index (χ0n) is 11.3. The lowest BCUT2D eigenvalue weighted by Gasteiger charge is -2.09. The van der Waals surface area contributed by atoms with E-state index in [1.165, 1.54) is 0 Å². The molecule has 2 N–H and O–H groups in total. The molecule has 0 radical (unpaired) electrons. The van der Waals surface area contributed by atoms with E-state index < -0.39 is 6.10 Å². The minimum atomic E-state index is -0.826. The van der Waals surface area contributed by atoms with Gasteiger partial charge in [0.2, 0.25) is 0 Å². The Hall–Kier alpha value is -1.82. The average Bonchev–Trinajstić information content (AvgIpc) is 2.96. The first-order chi connectivity index (χ1) is 9.74. The Morgan fingerprint density at radius 1 is 1.15 bits per heavy atom. The molecule has 2 aromatic rings. The number of methoxy groups -OCH3 is 1. The van der Waals surface area contributed by atoms with Crippen LogP contribution in [-0.2, 0) is 11.3 Å². The van der Waals surface area contributed by atoms with Gasteiger partial charge in [0, 0.05) is 0 Å². The third-order valence-corrected chi connectivity index (χ3v) is 2.86. The first-order valence-electron chi connectivity index (χ1n) is 6.34. The quantitative estimate of drug-likeness (QED) is 0.757. The van der Waals surface area contributed by atoms with Gasteiger partial charge in [-0.1, -0.05) is 12.1 Å². The van der Waals surface area contributed by atoms with Gasteiger partial charge in [0.1, 0.15) is 30.0 Å². The summed E-state index contributed by atoms with van der Waals surface area (Å²) in [6.45, 7) is 0.509. The van der Waals surface area contributed by atoms with Gasteiger partial charge < -0.3 is 24.1 Å². The molecule has 0 saturated heterocycles. The van der Waals surface area contributed by atoms with Crippen LogP contribution in [0.2, 0.25) is 0 Å². The Bertz CT molecular complexity index is 517. The van der Waals surface area contributed by atoms with Gasteiger partial charge >= 0.3 is 0 Å². The lowest BCUT2D eigenvalue weighted by Crippen LogP contribution is -1.99. The van der Waals surface area contributed by atoms with Crippen LogP contribution in [-0.4, -0.2) is 30.5 Å². The zero-order chi connectivity index (χ0) is 14.4. The molecule has 1 unspecified atom stereocenters. The van der Waals surface area contributed by atoms with E-state index >= 15 is 0 Å². The second-order valence-electron chi connectivity index (χ2n) is 4.26. The maximum Gasteiger partial charge on any atom is 0.137 e. The monoisotopic (exact) mass is 278 g/mol.